The summed E-state index contributed by atoms with van der Waals surface area (Å²) < 4.78 is 46.1. The molecule has 0 saturated carbocycles. The van der Waals surface area contributed by atoms with Gasteiger partial charge in [0.2, 0.25) is 11.8 Å². The highest BCUT2D eigenvalue weighted by Gasteiger charge is 2.38. The molecule has 1 unspecified atom stereocenters. The monoisotopic (exact) mass is 470 g/mol. The van der Waals surface area contributed by atoms with Crippen molar-refractivity contribution in [3.63, 3.8) is 0 Å². The largest absolute Gasteiger partial charge is 0.403 e. The first-order valence-corrected chi connectivity index (χ1v) is 11.7. The normalized spacial score (nSPS) is 17.7. The van der Waals surface area contributed by atoms with Gasteiger partial charge >= 0.3 is 6.01 Å². The Balaban J connectivity index is 1.52. The minimum atomic E-state index is -3.87. The smallest absolute Gasteiger partial charge is 0.322 e. The van der Waals surface area contributed by atoms with Gasteiger partial charge in [0.25, 0.3) is 10.0 Å². The van der Waals surface area contributed by atoms with E-state index in [4.69, 9.17) is 16.0 Å². The van der Waals surface area contributed by atoms with E-state index in [1.54, 1.807) is 0 Å². The summed E-state index contributed by atoms with van der Waals surface area (Å²) in [5.74, 6) is -0.862. The third-order valence-electron chi connectivity index (χ3n) is 4.61. The Hall–Kier alpha value is -2.34. The molecule has 1 saturated heterocycles. The van der Waals surface area contributed by atoms with Crippen molar-refractivity contribution in [2.24, 2.45) is 0 Å². The Morgan fingerprint density at radius 3 is 2.67 bits per heavy atom. The number of hydrogen-bond donors (Lipinski definition) is 1. The van der Waals surface area contributed by atoms with E-state index in [9.17, 15) is 17.6 Å². The van der Waals surface area contributed by atoms with Gasteiger partial charge in [0, 0.05) is 12.1 Å². The maximum absolute atomic E-state index is 13.1. The molecule has 30 heavy (non-hydrogen) atoms. The van der Waals surface area contributed by atoms with Crippen LogP contribution in [0.4, 0.5) is 10.4 Å². The molecule has 0 radical (unpaired) electrons. The number of amides is 1. The first-order valence-electron chi connectivity index (χ1n) is 9.02. The molecule has 4 rings (SSSR count). The van der Waals surface area contributed by atoms with Gasteiger partial charge in [0.15, 0.2) is 0 Å². The van der Waals surface area contributed by atoms with E-state index in [0.29, 0.717) is 29.2 Å². The van der Waals surface area contributed by atoms with Crippen molar-refractivity contribution in [1.29, 1.82) is 0 Å². The molecule has 3 aromatic rings. The SMILES string of the molecule is O=C(Nc1nnc(-c2ccc(F)cc2)o1)C1CCCCN1S(=O)(=O)c1ccc(Cl)s1. The van der Waals surface area contributed by atoms with Gasteiger partial charge in [-0.2, -0.15) is 4.31 Å². The van der Waals surface area contributed by atoms with Gasteiger partial charge < -0.3 is 4.42 Å². The quantitative estimate of drug-likeness (QED) is 0.608. The summed E-state index contributed by atoms with van der Waals surface area (Å²) in [7, 11) is -3.87. The number of piperidine rings is 1. The standard InChI is InChI=1S/C18H16ClFN4O4S2/c19-14-8-9-15(29-14)30(26,27)24-10-2-1-3-13(24)16(25)21-18-23-22-17(28-18)11-4-6-12(20)7-5-11/h4-9,13H,1-3,10H2,(H,21,23,25). The van der Waals surface area contributed by atoms with Crippen LogP contribution in [0.25, 0.3) is 11.5 Å². The van der Waals surface area contributed by atoms with Crippen molar-refractivity contribution >= 4 is 44.9 Å². The molecule has 1 amide bonds. The van der Waals surface area contributed by atoms with Crippen LogP contribution < -0.4 is 5.32 Å². The number of sulfonamides is 1. The fraction of sp³-hybridized carbons (Fsp3) is 0.278. The van der Waals surface area contributed by atoms with Crippen LogP contribution in [-0.2, 0) is 14.8 Å². The van der Waals surface area contributed by atoms with E-state index >= 15 is 0 Å². The van der Waals surface area contributed by atoms with Gasteiger partial charge in [0.1, 0.15) is 16.1 Å². The predicted octanol–water partition coefficient (Wildman–Crippen LogP) is 3.77. The maximum Gasteiger partial charge on any atom is 0.322 e. The third kappa shape index (κ3) is 4.24. The molecule has 1 N–H and O–H groups in total. The van der Waals surface area contributed by atoms with E-state index in [2.05, 4.69) is 15.5 Å². The van der Waals surface area contributed by atoms with Crippen LogP contribution in [-0.4, -0.2) is 41.4 Å². The molecule has 0 spiro atoms. The number of carbonyl (C=O) groups is 1. The number of anilines is 1. The number of aromatic nitrogens is 2. The first kappa shape index (κ1) is 20.9. The molecule has 12 heteroatoms. The fourth-order valence-electron chi connectivity index (χ4n) is 3.18. The number of thiophene rings is 1. The van der Waals surface area contributed by atoms with Crippen molar-refractivity contribution in [1.82, 2.24) is 14.5 Å². The number of rotatable bonds is 5. The third-order valence-corrected chi connectivity index (χ3v) is 8.22. The predicted molar refractivity (Wildman–Crippen MR) is 109 cm³/mol. The molecule has 2 aromatic heterocycles. The topological polar surface area (TPSA) is 105 Å². The molecule has 0 bridgehead atoms. The highest BCUT2D eigenvalue weighted by Crippen LogP contribution is 2.32. The number of hydrogen-bond acceptors (Lipinski definition) is 7. The number of nitrogens with zero attached hydrogens (tertiary/aromatic N) is 3. The van der Waals surface area contributed by atoms with Gasteiger partial charge in [-0.25, -0.2) is 12.8 Å². The van der Waals surface area contributed by atoms with E-state index in [1.807, 2.05) is 0 Å². The summed E-state index contributed by atoms with van der Waals surface area (Å²) in [6.45, 7) is 0.223. The summed E-state index contributed by atoms with van der Waals surface area (Å²) in [4.78, 5) is 12.8. The molecule has 0 aliphatic carbocycles. The number of carbonyl (C=O) groups excluding carboxylic acids is 1. The average Bonchev–Trinajstić information content (AvgIpc) is 3.38. The second kappa shape index (κ2) is 8.42. The average molecular weight is 471 g/mol. The summed E-state index contributed by atoms with van der Waals surface area (Å²) in [5.41, 5.74) is 0.487. The zero-order chi connectivity index (χ0) is 21.3. The lowest BCUT2D eigenvalue weighted by atomic mass is 10.0. The highest BCUT2D eigenvalue weighted by atomic mass is 35.5. The highest BCUT2D eigenvalue weighted by molar-refractivity contribution is 7.91. The molecular weight excluding hydrogens is 455 g/mol. The van der Waals surface area contributed by atoms with Crippen LogP contribution in [0, 0.1) is 5.82 Å². The molecular formula is C18H16ClFN4O4S2. The Morgan fingerprint density at radius 2 is 1.97 bits per heavy atom. The van der Waals surface area contributed by atoms with Crippen LogP contribution in [0.3, 0.4) is 0 Å². The van der Waals surface area contributed by atoms with Crippen molar-refractivity contribution < 1.29 is 22.0 Å². The number of nitrogens with one attached hydrogen (secondary N) is 1. The van der Waals surface area contributed by atoms with Gasteiger partial charge in [0.05, 0.1) is 4.34 Å². The van der Waals surface area contributed by atoms with Gasteiger partial charge in [-0.3, -0.25) is 10.1 Å². The van der Waals surface area contributed by atoms with Gasteiger partial charge in [-0.15, -0.1) is 16.4 Å². The maximum atomic E-state index is 13.1. The lowest BCUT2D eigenvalue weighted by Crippen LogP contribution is -2.49. The summed E-state index contributed by atoms with van der Waals surface area (Å²) in [6.07, 6.45) is 1.72. The molecule has 3 heterocycles. The molecule has 1 fully saturated rings. The molecule has 1 aromatic carbocycles. The van der Waals surface area contributed by atoms with E-state index in [1.165, 1.54) is 40.7 Å². The second-order valence-electron chi connectivity index (χ2n) is 6.59. The van der Waals surface area contributed by atoms with Crippen molar-refractivity contribution in [2.75, 3.05) is 11.9 Å². The van der Waals surface area contributed by atoms with Gasteiger partial charge in [-0.05, 0) is 49.2 Å². The van der Waals surface area contributed by atoms with Crippen LogP contribution in [0.15, 0.2) is 45.0 Å². The van der Waals surface area contributed by atoms with Crippen LogP contribution >= 0.6 is 22.9 Å². The Bertz CT molecular complexity index is 1160. The second-order valence-corrected chi connectivity index (χ2v) is 10.4. The van der Waals surface area contributed by atoms with Gasteiger partial charge in [-0.1, -0.05) is 23.1 Å². The zero-order valence-electron chi connectivity index (χ0n) is 15.4. The summed E-state index contributed by atoms with van der Waals surface area (Å²) in [6, 6.07) is 7.30. The Morgan fingerprint density at radius 1 is 1.20 bits per heavy atom. The minimum Gasteiger partial charge on any atom is -0.403 e. The summed E-state index contributed by atoms with van der Waals surface area (Å²) in [5, 5.41) is 10.1. The molecule has 8 nitrogen and oxygen atoms in total. The molecule has 1 aliphatic heterocycles. The van der Waals surface area contributed by atoms with Crippen molar-refractivity contribution in [3.8, 4) is 11.5 Å². The zero-order valence-corrected chi connectivity index (χ0v) is 17.8. The number of benzene rings is 1. The molecule has 158 valence electrons. The van der Waals surface area contributed by atoms with Crippen LogP contribution in [0.5, 0.6) is 0 Å². The van der Waals surface area contributed by atoms with E-state index in [0.717, 1.165) is 11.3 Å². The first-order chi connectivity index (χ1) is 14.3. The minimum absolute atomic E-state index is 0.0867. The molecule has 1 atom stereocenters. The summed E-state index contributed by atoms with van der Waals surface area (Å²) >= 11 is 6.83. The molecule has 1 aliphatic rings. The lowest BCUT2D eigenvalue weighted by Gasteiger charge is -2.32. The van der Waals surface area contributed by atoms with Crippen molar-refractivity contribution in [2.45, 2.75) is 29.5 Å². The van der Waals surface area contributed by atoms with Crippen LogP contribution in [0.1, 0.15) is 19.3 Å². The van der Waals surface area contributed by atoms with Crippen molar-refractivity contribution in [3.05, 3.63) is 46.6 Å². The fourth-order valence-corrected chi connectivity index (χ4v) is 6.45. The van der Waals surface area contributed by atoms with Crippen LogP contribution in [0.2, 0.25) is 4.34 Å². The van der Waals surface area contributed by atoms with E-state index < -0.39 is 27.8 Å². The Kier molecular flexibility index (Phi) is 5.87. The van der Waals surface area contributed by atoms with E-state index in [-0.39, 0.29) is 22.7 Å². The number of halogens is 2. The Labute approximate surface area is 180 Å². The lowest BCUT2D eigenvalue weighted by molar-refractivity contribution is -0.120.